The number of benzene rings is 6. The van der Waals surface area contributed by atoms with Gasteiger partial charge in [-0.2, -0.15) is 12.1 Å². The normalized spacial score (nSPS) is 10.8. The maximum absolute atomic E-state index is 4.93. The molecule has 0 aromatic heterocycles. The van der Waals surface area contributed by atoms with Gasteiger partial charge in [0.1, 0.15) is 0 Å². The van der Waals surface area contributed by atoms with Gasteiger partial charge in [-0.3, -0.25) is 0 Å². The molecule has 0 saturated heterocycles. The molecule has 4 heteroatoms. The Morgan fingerprint density at radius 2 is 0.788 bits per heavy atom. The molecule has 0 aliphatic rings. The minimum atomic E-state index is -0.826. The molecule has 0 heterocycles. The van der Waals surface area contributed by atoms with Crippen LogP contribution in [0.5, 0.6) is 0 Å². The van der Waals surface area contributed by atoms with Crippen molar-refractivity contribution in [2.75, 3.05) is 0 Å². The summed E-state index contributed by atoms with van der Waals surface area (Å²) in [6, 6.07) is 53.3. The van der Waals surface area contributed by atoms with E-state index in [1.807, 2.05) is 0 Å². The first kappa shape index (κ1) is 39.9. The Kier molecular flexibility index (Phi) is 15.1. The molecular weight excluding hydrogens is 767 g/mol. The molecular formula is C48H48Cl2SiZr. The summed E-state index contributed by atoms with van der Waals surface area (Å²) in [6.07, 6.45) is 2.29. The van der Waals surface area contributed by atoms with E-state index in [1.165, 1.54) is 76.5 Å². The molecule has 0 amide bonds. The van der Waals surface area contributed by atoms with Crippen molar-refractivity contribution >= 4 is 69.6 Å². The second-order valence-electron chi connectivity index (χ2n) is 14.2. The van der Waals surface area contributed by atoms with Crippen molar-refractivity contribution in [3.05, 3.63) is 157 Å². The third-order valence-corrected chi connectivity index (χ3v) is 9.07. The molecule has 0 aliphatic carbocycles. The van der Waals surface area contributed by atoms with Gasteiger partial charge in [-0.15, -0.1) is 69.1 Å². The maximum atomic E-state index is 4.93. The summed E-state index contributed by atoms with van der Waals surface area (Å²) in [4.78, 5) is 0. The van der Waals surface area contributed by atoms with Crippen LogP contribution in [0.25, 0.3) is 65.3 Å². The quantitative estimate of drug-likeness (QED) is 0.116. The number of fused-ring (bicyclic) bond motifs is 4. The zero-order valence-corrected chi connectivity index (χ0v) is 36.2. The van der Waals surface area contributed by atoms with Crippen LogP contribution in [0.15, 0.2) is 146 Å². The molecule has 52 heavy (non-hydrogen) atoms. The third kappa shape index (κ3) is 10.0. The first-order chi connectivity index (χ1) is 25.3. The third-order valence-electron chi connectivity index (χ3n) is 9.07. The van der Waals surface area contributed by atoms with Gasteiger partial charge < -0.3 is 0 Å². The van der Waals surface area contributed by atoms with Crippen LogP contribution in [0.1, 0.15) is 38.8 Å². The average Bonchev–Trinajstić information content (AvgIpc) is 3.74. The van der Waals surface area contributed by atoms with Crippen LogP contribution < -0.4 is 0 Å². The molecule has 2 radical (unpaired) electrons. The number of halogens is 2. The zero-order chi connectivity index (χ0) is 37.0. The topological polar surface area (TPSA) is 0 Å². The van der Waals surface area contributed by atoms with Crippen LogP contribution in [0, 0.1) is 11.8 Å². The number of rotatable bonds is 6. The Balaban J connectivity index is 0.000000175. The van der Waals surface area contributed by atoms with E-state index >= 15 is 0 Å². The van der Waals surface area contributed by atoms with Crippen LogP contribution >= 0.6 is 17.0 Å². The van der Waals surface area contributed by atoms with E-state index in [4.69, 9.17) is 17.0 Å². The van der Waals surface area contributed by atoms with Crippen molar-refractivity contribution in [1.29, 1.82) is 0 Å². The molecule has 0 saturated carbocycles. The Morgan fingerprint density at radius 3 is 1.15 bits per heavy atom. The second kappa shape index (κ2) is 19.7. The molecule has 262 valence electrons. The molecule has 0 spiro atoms. The molecule has 0 atom stereocenters. The Bertz CT molecular complexity index is 2150. The molecule has 0 bridgehead atoms. The molecule has 0 unspecified atom stereocenters. The van der Waals surface area contributed by atoms with Crippen molar-refractivity contribution in [3.8, 4) is 22.3 Å². The van der Waals surface area contributed by atoms with E-state index in [9.17, 15) is 0 Å². The summed E-state index contributed by atoms with van der Waals surface area (Å²) in [5, 5.41) is 10.7. The Hall–Kier alpha value is -3.26. The SMILES string of the molecule is CC(C)Cc1cc2c(-c3cccc4ccccc34)cccc2[cH-]1.CC(C)Cc1cc2c(-c3cccc4ccccc34)cccc2[cH-]1.C[Si]C.[Cl][Zr+2][Cl]. The molecule has 0 nitrogen and oxygen atoms in total. The molecule has 8 aromatic rings. The van der Waals surface area contributed by atoms with Gasteiger partial charge in [0.05, 0.1) is 0 Å². The summed E-state index contributed by atoms with van der Waals surface area (Å²) < 4.78 is 0. The van der Waals surface area contributed by atoms with Crippen molar-refractivity contribution in [2.24, 2.45) is 11.8 Å². The molecule has 8 aromatic carbocycles. The second-order valence-corrected chi connectivity index (χ2v) is 18.9. The monoisotopic (exact) mass is 812 g/mol. The van der Waals surface area contributed by atoms with E-state index in [1.54, 1.807) is 0 Å². The Labute approximate surface area is 332 Å². The minimum absolute atomic E-state index is 0.688. The molecule has 8 rings (SSSR count). The van der Waals surface area contributed by atoms with Crippen LogP contribution in [-0.4, -0.2) is 9.52 Å². The first-order valence-electron chi connectivity index (χ1n) is 18.2. The van der Waals surface area contributed by atoms with Crippen molar-refractivity contribution in [3.63, 3.8) is 0 Å². The number of hydrogen-bond donors (Lipinski definition) is 0. The summed E-state index contributed by atoms with van der Waals surface area (Å²) >= 11 is -0.826. The predicted molar refractivity (Wildman–Crippen MR) is 231 cm³/mol. The summed E-state index contributed by atoms with van der Waals surface area (Å²) in [7, 11) is 11.0. The van der Waals surface area contributed by atoms with E-state index < -0.39 is 20.8 Å². The van der Waals surface area contributed by atoms with Crippen molar-refractivity contribution in [1.82, 2.24) is 0 Å². The molecule has 0 fully saturated rings. The fraction of sp³-hybridized carbons (Fsp3) is 0.208. The molecule has 0 aliphatic heterocycles. The van der Waals surface area contributed by atoms with Gasteiger partial charge in [0.15, 0.2) is 0 Å². The van der Waals surface area contributed by atoms with Crippen molar-refractivity contribution in [2.45, 2.75) is 53.6 Å². The zero-order valence-electron chi connectivity index (χ0n) is 31.2. The van der Waals surface area contributed by atoms with E-state index in [0.717, 1.165) is 22.4 Å². The average molecular weight is 815 g/mol. The summed E-state index contributed by atoms with van der Waals surface area (Å²) in [6.45, 7) is 13.4. The Morgan fingerprint density at radius 1 is 0.481 bits per heavy atom. The van der Waals surface area contributed by atoms with E-state index in [2.05, 4.69) is 186 Å². The molecule has 0 N–H and O–H groups in total. The first-order valence-corrected chi connectivity index (χ1v) is 26.5. The predicted octanol–water partition coefficient (Wildman–Crippen LogP) is 15.3. The van der Waals surface area contributed by atoms with Gasteiger partial charge in [0, 0.05) is 9.52 Å². The number of hydrogen-bond acceptors (Lipinski definition) is 0. The van der Waals surface area contributed by atoms with Gasteiger partial charge in [-0.1, -0.05) is 149 Å². The van der Waals surface area contributed by atoms with Crippen LogP contribution in [0.2, 0.25) is 13.1 Å². The van der Waals surface area contributed by atoms with Crippen LogP contribution in [0.4, 0.5) is 0 Å². The standard InChI is InChI=1S/2C23H21.C2H6Si.2ClH.Zr/c2*1-16(2)13-17-14-19-9-6-12-22(23(19)15-17)21-11-5-8-18-7-3-4-10-20(18)21;1-3-2;;;/h2*3-12,14-16H,13H2,1-2H3;1-2H3;2*1H;/q2*-1;;;;+4/p-2. The van der Waals surface area contributed by atoms with E-state index in [-0.39, 0.29) is 0 Å². The van der Waals surface area contributed by atoms with Gasteiger partial charge in [-0.05, 0) is 57.3 Å². The van der Waals surface area contributed by atoms with Crippen LogP contribution in [-0.2, 0) is 33.7 Å². The fourth-order valence-electron chi connectivity index (χ4n) is 7.16. The summed E-state index contributed by atoms with van der Waals surface area (Å²) in [5.41, 5.74) is 8.24. The van der Waals surface area contributed by atoms with Gasteiger partial charge in [-0.25, -0.2) is 0 Å². The van der Waals surface area contributed by atoms with Crippen LogP contribution in [0.3, 0.4) is 0 Å². The fourth-order valence-corrected chi connectivity index (χ4v) is 7.16. The van der Waals surface area contributed by atoms with Gasteiger partial charge in [0.2, 0.25) is 0 Å². The van der Waals surface area contributed by atoms with Gasteiger partial charge >= 0.3 is 37.9 Å². The van der Waals surface area contributed by atoms with Gasteiger partial charge in [0.25, 0.3) is 0 Å². The van der Waals surface area contributed by atoms with Crippen molar-refractivity contribution < 1.29 is 20.8 Å². The summed E-state index contributed by atoms with van der Waals surface area (Å²) in [5.74, 6) is 1.38. The van der Waals surface area contributed by atoms with E-state index in [0.29, 0.717) is 11.8 Å².